The number of imidazole rings is 1. The summed E-state index contributed by atoms with van der Waals surface area (Å²) in [6.07, 6.45) is 1.84. The molecule has 2 heterocycles. The zero-order valence-corrected chi connectivity index (χ0v) is 14.9. The van der Waals surface area contributed by atoms with E-state index < -0.39 is 0 Å². The minimum absolute atomic E-state index is 0.152. The number of hydrogen-bond acceptors (Lipinski definition) is 4. The predicted molar refractivity (Wildman–Crippen MR) is 98.2 cm³/mol. The van der Waals surface area contributed by atoms with Gasteiger partial charge in [0.2, 0.25) is 5.91 Å². The number of nitrogens with one attached hydrogen (secondary N) is 1. The number of amides is 1. The number of benzene rings is 2. The molecule has 1 amide bonds. The average Bonchev–Trinajstić information content (AvgIpc) is 3.10. The van der Waals surface area contributed by atoms with Gasteiger partial charge < -0.3 is 14.8 Å². The van der Waals surface area contributed by atoms with Crippen LogP contribution in [0, 0.1) is 5.82 Å². The highest BCUT2D eigenvalue weighted by Crippen LogP contribution is 2.39. The van der Waals surface area contributed by atoms with Crippen molar-refractivity contribution >= 4 is 11.7 Å². The molecule has 0 aliphatic carbocycles. The number of halogens is 1. The highest BCUT2D eigenvalue weighted by Gasteiger charge is 2.31. The number of aromatic nitrogens is 2. The maximum atomic E-state index is 13.7. The highest BCUT2D eigenvalue weighted by molar-refractivity contribution is 5.94. The predicted octanol–water partition coefficient (Wildman–Crippen LogP) is 3.50. The second-order valence-electron chi connectivity index (χ2n) is 6.25. The van der Waals surface area contributed by atoms with Crippen LogP contribution in [0.1, 0.15) is 23.6 Å². The molecule has 0 saturated heterocycles. The third-order valence-electron chi connectivity index (χ3n) is 4.67. The Bertz CT molecular complexity index is 1020. The molecule has 6 nitrogen and oxygen atoms in total. The quantitative estimate of drug-likeness (QED) is 0.766. The van der Waals surface area contributed by atoms with Crippen LogP contribution >= 0.6 is 0 Å². The lowest BCUT2D eigenvalue weighted by Crippen LogP contribution is -2.25. The Hall–Kier alpha value is -3.35. The highest BCUT2D eigenvalue weighted by atomic mass is 19.1. The van der Waals surface area contributed by atoms with E-state index in [1.165, 1.54) is 12.1 Å². The van der Waals surface area contributed by atoms with Crippen LogP contribution in [0.25, 0.3) is 5.69 Å². The van der Waals surface area contributed by atoms with Crippen molar-refractivity contribution in [2.45, 2.75) is 12.3 Å². The number of carbonyl (C=O) groups excluding carboxylic acids is 1. The molecule has 1 atom stereocenters. The maximum Gasteiger partial charge on any atom is 0.226 e. The number of ether oxygens (including phenoxy) is 2. The maximum absolute atomic E-state index is 13.7. The number of nitrogens with zero attached hydrogens (tertiary/aromatic N) is 2. The average molecular weight is 367 g/mol. The third kappa shape index (κ3) is 3.01. The fourth-order valence-corrected chi connectivity index (χ4v) is 3.37. The molecule has 3 aromatic rings. The Labute approximate surface area is 155 Å². The van der Waals surface area contributed by atoms with Gasteiger partial charge in [0.25, 0.3) is 0 Å². The van der Waals surface area contributed by atoms with Gasteiger partial charge in [-0.05, 0) is 29.8 Å². The molecule has 7 heteroatoms. The van der Waals surface area contributed by atoms with Gasteiger partial charge in [-0.2, -0.15) is 0 Å². The number of fused-ring (bicyclic) bond motifs is 1. The lowest BCUT2D eigenvalue weighted by molar-refractivity contribution is -0.116. The van der Waals surface area contributed by atoms with Crippen molar-refractivity contribution in [3.63, 3.8) is 0 Å². The van der Waals surface area contributed by atoms with Crippen LogP contribution in [0.4, 0.5) is 10.2 Å². The van der Waals surface area contributed by atoms with Crippen molar-refractivity contribution in [3.05, 3.63) is 65.9 Å². The Morgan fingerprint density at radius 1 is 1.19 bits per heavy atom. The van der Waals surface area contributed by atoms with Crippen molar-refractivity contribution in [1.29, 1.82) is 0 Å². The molecular formula is C20H18FN3O3. The molecule has 1 unspecified atom stereocenters. The monoisotopic (exact) mass is 367 g/mol. The van der Waals surface area contributed by atoms with Crippen LogP contribution in [-0.2, 0) is 4.79 Å². The fourth-order valence-electron chi connectivity index (χ4n) is 3.37. The number of carbonyl (C=O) groups is 1. The molecule has 0 spiro atoms. The van der Waals surface area contributed by atoms with Crippen molar-refractivity contribution in [2.24, 2.45) is 0 Å². The van der Waals surface area contributed by atoms with E-state index in [1.807, 2.05) is 0 Å². The number of anilines is 1. The van der Waals surface area contributed by atoms with Crippen LogP contribution in [0.2, 0.25) is 0 Å². The van der Waals surface area contributed by atoms with E-state index >= 15 is 0 Å². The molecule has 0 fully saturated rings. The van der Waals surface area contributed by atoms with Gasteiger partial charge in [-0.15, -0.1) is 0 Å². The van der Waals surface area contributed by atoms with E-state index in [-0.39, 0.29) is 24.1 Å². The normalized spacial score (nSPS) is 15.8. The van der Waals surface area contributed by atoms with Gasteiger partial charge in [0.05, 0.1) is 25.6 Å². The smallest absolute Gasteiger partial charge is 0.226 e. The molecule has 0 bridgehead atoms. The molecule has 4 rings (SSSR count). The molecule has 1 aliphatic heterocycles. The summed E-state index contributed by atoms with van der Waals surface area (Å²) in [5.41, 5.74) is 2.09. The SMILES string of the molecule is COc1ccc(OC)c(-n2cnc3c2NC(=O)CC3c2cccc(F)c2)c1. The summed E-state index contributed by atoms with van der Waals surface area (Å²) in [5.74, 6) is 0.999. The summed E-state index contributed by atoms with van der Waals surface area (Å²) in [6.45, 7) is 0. The van der Waals surface area contributed by atoms with Crippen molar-refractivity contribution in [2.75, 3.05) is 19.5 Å². The molecule has 27 heavy (non-hydrogen) atoms. The lowest BCUT2D eigenvalue weighted by atomic mass is 9.90. The standard InChI is InChI=1S/C20H18FN3O3/c1-26-14-6-7-17(27-2)16(9-14)24-11-22-19-15(10-18(25)23-20(19)24)12-4-3-5-13(21)8-12/h3-9,11,15H,10H2,1-2H3,(H,23,25). The summed E-state index contributed by atoms with van der Waals surface area (Å²) in [4.78, 5) is 16.9. The van der Waals surface area contributed by atoms with Crippen LogP contribution in [-0.4, -0.2) is 29.7 Å². The second kappa shape index (κ2) is 6.75. The van der Waals surface area contributed by atoms with Crippen molar-refractivity contribution in [1.82, 2.24) is 9.55 Å². The van der Waals surface area contributed by atoms with E-state index in [0.29, 0.717) is 34.3 Å². The van der Waals surface area contributed by atoms with Crippen LogP contribution in [0.15, 0.2) is 48.8 Å². The summed E-state index contributed by atoms with van der Waals surface area (Å²) in [5, 5.41) is 2.88. The second-order valence-corrected chi connectivity index (χ2v) is 6.25. The first kappa shape index (κ1) is 17.1. The Morgan fingerprint density at radius 2 is 2.04 bits per heavy atom. The molecule has 2 aromatic carbocycles. The van der Waals surface area contributed by atoms with Gasteiger partial charge >= 0.3 is 0 Å². The summed E-state index contributed by atoms with van der Waals surface area (Å²) in [7, 11) is 3.15. The Balaban J connectivity index is 1.85. The largest absolute Gasteiger partial charge is 0.497 e. The Kier molecular flexibility index (Phi) is 4.27. The van der Waals surface area contributed by atoms with Gasteiger partial charge in [0, 0.05) is 18.4 Å². The van der Waals surface area contributed by atoms with Crippen molar-refractivity contribution < 1.29 is 18.7 Å². The number of hydrogen-bond donors (Lipinski definition) is 1. The van der Waals surface area contributed by atoms with Crippen LogP contribution in [0.3, 0.4) is 0 Å². The zero-order valence-electron chi connectivity index (χ0n) is 14.9. The van der Waals surface area contributed by atoms with Gasteiger partial charge in [-0.3, -0.25) is 9.36 Å². The molecule has 0 radical (unpaired) electrons. The van der Waals surface area contributed by atoms with Gasteiger partial charge in [-0.1, -0.05) is 12.1 Å². The first-order valence-electron chi connectivity index (χ1n) is 8.45. The minimum Gasteiger partial charge on any atom is -0.497 e. The van der Waals surface area contributed by atoms with Crippen molar-refractivity contribution in [3.8, 4) is 17.2 Å². The third-order valence-corrected chi connectivity index (χ3v) is 4.67. The van der Waals surface area contributed by atoms with E-state index in [9.17, 15) is 9.18 Å². The summed E-state index contributed by atoms with van der Waals surface area (Å²) < 4.78 is 26.2. The van der Waals surface area contributed by atoms with Gasteiger partial charge in [-0.25, -0.2) is 9.37 Å². The first-order valence-corrected chi connectivity index (χ1v) is 8.45. The summed E-state index contributed by atoms with van der Waals surface area (Å²) >= 11 is 0. The van der Waals surface area contributed by atoms with E-state index in [1.54, 1.807) is 55.4 Å². The number of methoxy groups -OCH3 is 2. The minimum atomic E-state index is -0.339. The zero-order chi connectivity index (χ0) is 19.0. The Morgan fingerprint density at radius 3 is 2.78 bits per heavy atom. The van der Waals surface area contributed by atoms with Crippen LogP contribution < -0.4 is 14.8 Å². The molecular weight excluding hydrogens is 349 g/mol. The van der Waals surface area contributed by atoms with E-state index in [0.717, 1.165) is 0 Å². The van der Waals surface area contributed by atoms with E-state index in [4.69, 9.17) is 9.47 Å². The first-order chi connectivity index (χ1) is 13.1. The topological polar surface area (TPSA) is 65.4 Å². The van der Waals surface area contributed by atoms with Gasteiger partial charge in [0.15, 0.2) is 0 Å². The lowest BCUT2D eigenvalue weighted by Gasteiger charge is -2.24. The molecule has 1 aromatic heterocycles. The molecule has 138 valence electrons. The van der Waals surface area contributed by atoms with E-state index in [2.05, 4.69) is 10.3 Å². The molecule has 1 N–H and O–H groups in total. The number of rotatable bonds is 4. The summed E-state index contributed by atoms with van der Waals surface area (Å²) in [6, 6.07) is 11.7. The molecule has 0 saturated carbocycles. The van der Waals surface area contributed by atoms with Crippen LogP contribution in [0.5, 0.6) is 11.5 Å². The van der Waals surface area contributed by atoms with Gasteiger partial charge in [0.1, 0.15) is 29.5 Å². The molecule has 1 aliphatic rings. The fraction of sp³-hybridized carbons (Fsp3) is 0.200.